The molecule has 0 unspecified atom stereocenters. The summed E-state index contributed by atoms with van der Waals surface area (Å²) in [5.74, 6) is 1.05. The third kappa shape index (κ3) is 1.82. The molecule has 0 bridgehead atoms. The van der Waals surface area contributed by atoms with E-state index >= 15 is 0 Å². The molecule has 0 fully saturated rings. The predicted octanol–water partition coefficient (Wildman–Crippen LogP) is 1.23. The first kappa shape index (κ1) is 6.81. The fourth-order valence-corrected chi connectivity index (χ4v) is 0.770. The molecule has 1 N–H and O–H groups in total. The number of hydrogen-bond acceptors (Lipinski definition) is 2. The second-order valence-corrected chi connectivity index (χ2v) is 1.98. The van der Waals surface area contributed by atoms with Crippen molar-refractivity contribution < 1.29 is 32.8 Å². The van der Waals surface area contributed by atoms with Gasteiger partial charge in [0.25, 0.3) is 0 Å². The molecular formula is C6H5O2Sc. The van der Waals surface area contributed by atoms with Gasteiger partial charge in [0.1, 0.15) is 0 Å². The minimum atomic E-state index is 0.267. The third-order valence-corrected chi connectivity index (χ3v) is 1.40. The summed E-state index contributed by atoms with van der Waals surface area (Å²) in [6, 6.07) is 6.62. The number of rotatable bonds is 1. The van der Waals surface area contributed by atoms with Gasteiger partial charge in [-0.05, 0) is 0 Å². The zero-order valence-corrected chi connectivity index (χ0v) is 6.55. The van der Waals surface area contributed by atoms with E-state index in [4.69, 9.17) is 7.96 Å². The predicted molar refractivity (Wildman–Crippen MR) is 28.7 cm³/mol. The first-order valence-corrected chi connectivity index (χ1v) is 3.22. The summed E-state index contributed by atoms with van der Waals surface area (Å²) in [4.78, 5) is 0. The van der Waals surface area contributed by atoms with Crippen LogP contribution in [-0.4, -0.2) is 5.11 Å². The first-order valence-electron chi connectivity index (χ1n) is 2.48. The zero-order valence-electron chi connectivity index (χ0n) is 4.74. The Morgan fingerprint density at radius 3 is 2.22 bits per heavy atom. The molecule has 0 aliphatic rings. The van der Waals surface area contributed by atoms with Gasteiger partial charge in [-0.25, -0.2) is 0 Å². The van der Waals surface area contributed by atoms with E-state index < -0.39 is 0 Å². The van der Waals surface area contributed by atoms with Crippen LogP contribution in [0.1, 0.15) is 0 Å². The first-order chi connectivity index (χ1) is 4.33. The van der Waals surface area contributed by atoms with Crippen molar-refractivity contribution in [2.24, 2.45) is 0 Å². The molecule has 3 heteroatoms. The van der Waals surface area contributed by atoms with Crippen LogP contribution in [0, 0.1) is 0 Å². The van der Waals surface area contributed by atoms with Crippen LogP contribution in [0.15, 0.2) is 24.3 Å². The Morgan fingerprint density at radius 2 is 1.78 bits per heavy atom. The molecule has 0 aliphatic carbocycles. The molecule has 1 aromatic rings. The van der Waals surface area contributed by atoms with Gasteiger partial charge in [0, 0.05) is 0 Å². The zero-order chi connectivity index (χ0) is 6.69. The monoisotopic (exact) mass is 154 g/mol. The van der Waals surface area contributed by atoms with Crippen molar-refractivity contribution in [3.63, 3.8) is 0 Å². The van der Waals surface area contributed by atoms with Gasteiger partial charge in [-0.15, -0.1) is 0 Å². The van der Waals surface area contributed by atoms with Crippen molar-refractivity contribution >= 4 is 0 Å². The van der Waals surface area contributed by atoms with Gasteiger partial charge in [0.15, 0.2) is 0 Å². The molecule has 0 aromatic heterocycles. The number of phenols is 1. The van der Waals surface area contributed by atoms with E-state index in [1.165, 1.54) is 24.8 Å². The van der Waals surface area contributed by atoms with Crippen molar-refractivity contribution in [3.8, 4) is 11.5 Å². The Bertz CT molecular complexity index is 183. The molecule has 9 heavy (non-hydrogen) atoms. The number of hydrogen-bond donors (Lipinski definition) is 1. The fraction of sp³-hybridized carbons (Fsp3) is 0. The van der Waals surface area contributed by atoms with Crippen LogP contribution in [-0.2, 0) is 24.8 Å². The summed E-state index contributed by atoms with van der Waals surface area (Å²) < 4.78 is 4.92. The summed E-state index contributed by atoms with van der Waals surface area (Å²) in [7, 11) is 0. The molecule has 1 rings (SSSR count). The van der Waals surface area contributed by atoms with Gasteiger partial charge in [-0.1, -0.05) is 0 Å². The second kappa shape index (κ2) is 3.01. The van der Waals surface area contributed by atoms with E-state index in [1.807, 2.05) is 0 Å². The molecule has 0 radical (unpaired) electrons. The van der Waals surface area contributed by atoms with Crippen LogP contribution in [0.2, 0.25) is 0 Å². The van der Waals surface area contributed by atoms with Crippen molar-refractivity contribution in [1.82, 2.24) is 0 Å². The average molecular weight is 154 g/mol. The third-order valence-electron chi connectivity index (χ3n) is 0.973. The number of benzene rings is 1. The van der Waals surface area contributed by atoms with Gasteiger partial charge in [-0.3, -0.25) is 0 Å². The maximum absolute atomic E-state index is 8.80. The van der Waals surface area contributed by atoms with Crippen LogP contribution < -0.4 is 2.85 Å². The minimum absolute atomic E-state index is 0.267. The molecule has 0 saturated heterocycles. The molecule has 0 saturated carbocycles. The molecule has 0 heterocycles. The number of phenolic OH excluding ortho intramolecular Hbond substituents is 1. The second-order valence-electron chi connectivity index (χ2n) is 1.61. The Balaban J connectivity index is 2.88. The number of aromatic hydroxyl groups is 1. The van der Waals surface area contributed by atoms with Crippen molar-refractivity contribution in [3.05, 3.63) is 24.3 Å². The summed E-state index contributed by atoms with van der Waals surface area (Å²) in [5.41, 5.74) is 0. The molecular weight excluding hydrogens is 149 g/mol. The standard InChI is InChI=1S/C6H6O2.Sc/c7-5-1-2-6(8)4-3-5;/h1-4,7-8H;/q;+1/p-1. The van der Waals surface area contributed by atoms with Gasteiger partial charge in [0.2, 0.25) is 0 Å². The molecule has 0 atom stereocenters. The van der Waals surface area contributed by atoms with E-state index in [2.05, 4.69) is 0 Å². The molecule has 1 aromatic carbocycles. The topological polar surface area (TPSA) is 29.5 Å². The van der Waals surface area contributed by atoms with Crippen LogP contribution in [0.25, 0.3) is 0 Å². The average Bonchev–Trinajstić information content (AvgIpc) is 1.90. The fourth-order valence-electron chi connectivity index (χ4n) is 0.525. The molecule has 0 spiro atoms. The van der Waals surface area contributed by atoms with E-state index in [9.17, 15) is 0 Å². The summed E-state index contributed by atoms with van der Waals surface area (Å²) >= 11 is 1.19. The summed E-state index contributed by atoms with van der Waals surface area (Å²) in [6.07, 6.45) is 0. The Kier molecular flexibility index (Phi) is 2.28. The molecule has 44 valence electrons. The molecule has 0 amide bonds. The SMILES string of the molecule is Oc1ccc([O][Sc])cc1. The van der Waals surface area contributed by atoms with Crippen LogP contribution >= 0.6 is 0 Å². The van der Waals surface area contributed by atoms with Gasteiger partial charge in [0.05, 0.1) is 0 Å². The molecule has 0 aliphatic heterocycles. The van der Waals surface area contributed by atoms with Crippen molar-refractivity contribution in [1.29, 1.82) is 0 Å². The Morgan fingerprint density at radius 1 is 1.22 bits per heavy atom. The van der Waals surface area contributed by atoms with E-state index in [0.29, 0.717) is 0 Å². The quantitative estimate of drug-likeness (QED) is 0.659. The van der Waals surface area contributed by atoms with E-state index in [1.54, 1.807) is 24.3 Å². The van der Waals surface area contributed by atoms with Crippen molar-refractivity contribution in [2.45, 2.75) is 0 Å². The van der Waals surface area contributed by atoms with Crippen LogP contribution in [0.5, 0.6) is 11.5 Å². The van der Waals surface area contributed by atoms with Crippen LogP contribution in [0.3, 0.4) is 0 Å². The summed E-state index contributed by atoms with van der Waals surface area (Å²) in [6.45, 7) is 0. The Labute approximate surface area is 68.6 Å². The van der Waals surface area contributed by atoms with Gasteiger partial charge >= 0.3 is 68.5 Å². The normalized spacial score (nSPS) is 8.78. The van der Waals surface area contributed by atoms with Gasteiger partial charge < -0.3 is 0 Å². The van der Waals surface area contributed by atoms with Gasteiger partial charge in [-0.2, -0.15) is 0 Å². The Hall–Kier alpha value is -0.310. The van der Waals surface area contributed by atoms with Crippen LogP contribution in [0.4, 0.5) is 0 Å². The van der Waals surface area contributed by atoms with E-state index in [0.717, 1.165) is 5.75 Å². The van der Waals surface area contributed by atoms with Crippen molar-refractivity contribution in [2.75, 3.05) is 0 Å². The maximum atomic E-state index is 8.80. The van der Waals surface area contributed by atoms with E-state index in [-0.39, 0.29) is 5.75 Å². The summed E-state index contributed by atoms with van der Waals surface area (Å²) in [5, 5.41) is 8.80. The molecule has 2 nitrogen and oxygen atoms in total.